The molecule has 0 saturated heterocycles. The molecule has 0 bridgehead atoms. The van der Waals surface area contributed by atoms with Crippen LogP contribution in [0.2, 0.25) is 0 Å². The van der Waals surface area contributed by atoms with Gasteiger partial charge in [0.1, 0.15) is 0 Å². The Morgan fingerprint density at radius 1 is 1.27 bits per heavy atom. The first-order valence-corrected chi connectivity index (χ1v) is 6.14. The van der Waals surface area contributed by atoms with Gasteiger partial charge in [-0.2, -0.15) is 0 Å². The van der Waals surface area contributed by atoms with Gasteiger partial charge >= 0.3 is 6.09 Å². The lowest BCUT2D eigenvalue weighted by molar-refractivity contribution is 0.170. The lowest BCUT2D eigenvalue weighted by Gasteiger charge is -2.13. The van der Waals surface area contributed by atoms with Gasteiger partial charge in [-0.3, -0.25) is 0 Å². The Morgan fingerprint density at radius 2 is 1.93 bits per heavy atom. The minimum atomic E-state index is -0.309. The molecule has 1 rings (SSSR count). The van der Waals surface area contributed by atoms with Crippen LogP contribution in [0.3, 0.4) is 0 Å². The van der Waals surface area contributed by atoms with Crippen molar-refractivity contribution >= 4 is 6.09 Å². The Morgan fingerprint density at radius 3 is 2.53 bits per heavy atom. The van der Waals surface area contributed by atoms with E-state index in [1.165, 1.54) is 52.1 Å². The zero-order chi connectivity index (χ0) is 10.9. The van der Waals surface area contributed by atoms with Crippen LogP contribution in [-0.4, -0.2) is 19.7 Å². The molecular weight excluding hydrogens is 190 g/mol. The Bertz CT molecular complexity index is 174. The monoisotopic (exact) mass is 213 g/mol. The molecule has 1 fully saturated rings. The van der Waals surface area contributed by atoms with E-state index in [9.17, 15) is 4.79 Å². The molecule has 0 aromatic carbocycles. The van der Waals surface area contributed by atoms with Gasteiger partial charge < -0.3 is 10.1 Å². The quantitative estimate of drug-likeness (QED) is 0.575. The summed E-state index contributed by atoms with van der Waals surface area (Å²) in [6.07, 6.45) is 10.4. The van der Waals surface area contributed by atoms with E-state index in [-0.39, 0.29) is 6.09 Å². The number of rotatable bonds is 4. The van der Waals surface area contributed by atoms with Crippen LogP contribution in [0.4, 0.5) is 4.79 Å². The molecule has 0 aliphatic heterocycles. The highest BCUT2D eigenvalue weighted by atomic mass is 16.5. The lowest BCUT2D eigenvalue weighted by atomic mass is 9.95. The average molecular weight is 213 g/mol. The van der Waals surface area contributed by atoms with E-state index in [4.69, 9.17) is 0 Å². The normalized spacial score (nSPS) is 18.2. The molecule has 1 aliphatic carbocycles. The topological polar surface area (TPSA) is 38.3 Å². The molecule has 0 aromatic heterocycles. The van der Waals surface area contributed by atoms with E-state index in [1.54, 1.807) is 0 Å². The second-order valence-corrected chi connectivity index (χ2v) is 4.42. The third kappa shape index (κ3) is 5.65. The zero-order valence-corrected chi connectivity index (χ0v) is 9.76. The number of carbonyl (C=O) groups excluding carboxylic acids is 1. The molecule has 1 aliphatic rings. The molecule has 0 unspecified atom stereocenters. The number of hydrogen-bond donors (Lipinski definition) is 1. The highest BCUT2D eigenvalue weighted by molar-refractivity contribution is 5.66. The number of amides is 1. The number of carbonyl (C=O) groups is 1. The van der Waals surface area contributed by atoms with Gasteiger partial charge in [0, 0.05) is 6.54 Å². The highest BCUT2D eigenvalue weighted by Crippen LogP contribution is 2.25. The van der Waals surface area contributed by atoms with Crippen molar-refractivity contribution < 1.29 is 9.53 Å². The summed E-state index contributed by atoms with van der Waals surface area (Å²) in [5.41, 5.74) is 0. The predicted octanol–water partition coefficient (Wildman–Crippen LogP) is 3.09. The fraction of sp³-hybridized carbons (Fsp3) is 0.917. The van der Waals surface area contributed by atoms with Gasteiger partial charge in [-0.05, 0) is 18.8 Å². The van der Waals surface area contributed by atoms with Crippen molar-refractivity contribution in [2.75, 3.05) is 13.7 Å². The van der Waals surface area contributed by atoms with Crippen LogP contribution >= 0.6 is 0 Å². The van der Waals surface area contributed by atoms with Gasteiger partial charge in [0.25, 0.3) is 0 Å². The van der Waals surface area contributed by atoms with E-state index in [1.807, 2.05) is 0 Å². The molecule has 3 nitrogen and oxygen atoms in total. The third-order valence-electron chi connectivity index (χ3n) is 3.22. The van der Waals surface area contributed by atoms with Crippen molar-refractivity contribution in [2.24, 2.45) is 5.92 Å². The molecule has 0 atom stereocenters. The maximum Gasteiger partial charge on any atom is 0.406 e. The number of ether oxygens (including phenoxy) is 1. The summed E-state index contributed by atoms with van der Waals surface area (Å²) in [6.45, 7) is 0.753. The molecule has 3 heteroatoms. The minimum absolute atomic E-state index is 0.309. The fourth-order valence-electron chi connectivity index (χ4n) is 2.31. The molecule has 0 radical (unpaired) electrons. The van der Waals surface area contributed by atoms with E-state index in [2.05, 4.69) is 10.1 Å². The van der Waals surface area contributed by atoms with Crippen LogP contribution in [-0.2, 0) is 4.74 Å². The molecule has 88 valence electrons. The Kier molecular flexibility index (Phi) is 6.21. The second kappa shape index (κ2) is 7.55. The van der Waals surface area contributed by atoms with Gasteiger partial charge in [0.15, 0.2) is 0 Å². The van der Waals surface area contributed by atoms with Gasteiger partial charge in [0.05, 0.1) is 7.11 Å². The minimum Gasteiger partial charge on any atom is -0.453 e. The molecule has 0 aromatic rings. The van der Waals surface area contributed by atoms with Gasteiger partial charge in [0.2, 0.25) is 0 Å². The van der Waals surface area contributed by atoms with Gasteiger partial charge in [-0.15, -0.1) is 0 Å². The van der Waals surface area contributed by atoms with Crippen LogP contribution < -0.4 is 5.32 Å². The third-order valence-corrected chi connectivity index (χ3v) is 3.22. The largest absolute Gasteiger partial charge is 0.453 e. The van der Waals surface area contributed by atoms with E-state index in [0.717, 1.165) is 18.9 Å². The predicted molar refractivity (Wildman–Crippen MR) is 60.8 cm³/mol. The number of nitrogens with one attached hydrogen (secondary N) is 1. The maximum atomic E-state index is 10.8. The summed E-state index contributed by atoms with van der Waals surface area (Å²) in [7, 11) is 1.40. The molecular formula is C12H23NO2. The SMILES string of the molecule is COC(=O)NCCCC1CCCCCC1. The summed E-state index contributed by atoms with van der Waals surface area (Å²) in [6, 6.07) is 0. The molecule has 0 spiro atoms. The summed E-state index contributed by atoms with van der Waals surface area (Å²) in [4.78, 5) is 10.8. The highest BCUT2D eigenvalue weighted by Gasteiger charge is 2.11. The first kappa shape index (κ1) is 12.3. The molecule has 1 amide bonds. The van der Waals surface area contributed by atoms with Gasteiger partial charge in [-0.1, -0.05) is 38.5 Å². The smallest absolute Gasteiger partial charge is 0.406 e. The van der Waals surface area contributed by atoms with Crippen molar-refractivity contribution in [3.05, 3.63) is 0 Å². The number of hydrogen-bond acceptors (Lipinski definition) is 2. The van der Waals surface area contributed by atoms with E-state index < -0.39 is 0 Å². The van der Waals surface area contributed by atoms with Crippen LogP contribution in [0.5, 0.6) is 0 Å². The van der Waals surface area contributed by atoms with E-state index >= 15 is 0 Å². The summed E-state index contributed by atoms with van der Waals surface area (Å²) in [5.74, 6) is 0.895. The maximum absolute atomic E-state index is 10.8. The molecule has 1 N–H and O–H groups in total. The second-order valence-electron chi connectivity index (χ2n) is 4.42. The zero-order valence-electron chi connectivity index (χ0n) is 9.76. The Balaban J connectivity index is 2.00. The summed E-state index contributed by atoms with van der Waals surface area (Å²) < 4.78 is 4.51. The van der Waals surface area contributed by atoms with Crippen LogP contribution in [0, 0.1) is 5.92 Å². The molecule has 0 heterocycles. The Labute approximate surface area is 92.6 Å². The first-order chi connectivity index (χ1) is 7.33. The van der Waals surface area contributed by atoms with Crippen molar-refractivity contribution in [1.82, 2.24) is 5.32 Å². The van der Waals surface area contributed by atoms with Crippen LogP contribution in [0.15, 0.2) is 0 Å². The summed E-state index contributed by atoms with van der Waals surface area (Å²) >= 11 is 0. The van der Waals surface area contributed by atoms with Crippen molar-refractivity contribution in [1.29, 1.82) is 0 Å². The number of alkyl carbamates (subject to hydrolysis) is 1. The molecule has 1 saturated carbocycles. The standard InChI is InChI=1S/C12H23NO2/c1-15-12(14)13-10-6-9-11-7-4-2-3-5-8-11/h11H,2-10H2,1H3,(H,13,14). The average Bonchev–Trinajstić information content (AvgIpc) is 2.52. The first-order valence-electron chi connectivity index (χ1n) is 6.14. The lowest BCUT2D eigenvalue weighted by Crippen LogP contribution is -2.24. The molecule has 15 heavy (non-hydrogen) atoms. The van der Waals surface area contributed by atoms with Crippen LogP contribution in [0.25, 0.3) is 0 Å². The van der Waals surface area contributed by atoms with Crippen molar-refractivity contribution in [2.45, 2.75) is 51.4 Å². The van der Waals surface area contributed by atoms with Gasteiger partial charge in [-0.25, -0.2) is 4.79 Å². The number of methoxy groups -OCH3 is 1. The fourth-order valence-corrected chi connectivity index (χ4v) is 2.31. The van der Waals surface area contributed by atoms with E-state index in [0.29, 0.717) is 0 Å². The van der Waals surface area contributed by atoms with Crippen molar-refractivity contribution in [3.63, 3.8) is 0 Å². The van der Waals surface area contributed by atoms with Crippen LogP contribution in [0.1, 0.15) is 51.4 Å². The van der Waals surface area contributed by atoms with Crippen molar-refractivity contribution in [3.8, 4) is 0 Å². The Hall–Kier alpha value is -0.730. The summed E-state index contributed by atoms with van der Waals surface area (Å²) in [5, 5.41) is 2.73.